The van der Waals surface area contributed by atoms with E-state index in [1.165, 1.54) is 31.3 Å². The van der Waals surface area contributed by atoms with E-state index in [-0.39, 0.29) is 24.7 Å². The third-order valence-electron chi connectivity index (χ3n) is 5.02. The molecule has 166 valence electrons. The molecule has 0 bridgehead atoms. The summed E-state index contributed by atoms with van der Waals surface area (Å²) < 4.78 is 40.2. The maximum absolute atomic E-state index is 13.5. The highest BCUT2D eigenvalue weighted by atomic mass is 32.2. The first kappa shape index (κ1) is 20.1. The molecule has 6 rings (SSSR count). The second-order valence-electron chi connectivity index (χ2n) is 7.07. The maximum Gasteiger partial charge on any atom is 0.327 e. The van der Waals surface area contributed by atoms with Gasteiger partial charge in [-0.2, -0.15) is 41.1 Å². The van der Waals surface area contributed by atoms with Crippen LogP contribution in [0.5, 0.6) is 0 Å². The zero-order valence-electron chi connectivity index (χ0n) is 16.7. The van der Waals surface area contributed by atoms with Gasteiger partial charge in [0.2, 0.25) is 0 Å². The topological polar surface area (TPSA) is 118 Å². The lowest BCUT2D eigenvalue weighted by Gasteiger charge is -2.19. The van der Waals surface area contributed by atoms with Crippen LogP contribution in [0.2, 0.25) is 0 Å². The lowest BCUT2D eigenvalue weighted by atomic mass is 10.2. The van der Waals surface area contributed by atoms with E-state index < -0.39 is 10.2 Å². The molecule has 1 aliphatic rings. The van der Waals surface area contributed by atoms with E-state index in [0.29, 0.717) is 23.2 Å². The first-order valence-corrected chi connectivity index (χ1v) is 13.0. The summed E-state index contributed by atoms with van der Waals surface area (Å²) in [6.45, 7) is -0.147. The number of aromatic nitrogens is 4. The molecule has 0 fully saturated rings. The average molecular weight is 499 g/mol. The molecule has 0 saturated heterocycles. The number of hydrogen-bond donors (Lipinski definition) is 0. The predicted octanol–water partition coefficient (Wildman–Crippen LogP) is 4.18. The Labute approximate surface area is 195 Å². The van der Waals surface area contributed by atoms with Crippen molar-refractivity contribution < 1.29 is 17.5 Å². The van der Waals surface area contributed by atoms with E-state index >= 15 is 0 Å². The van der Waals surface area contributed by atoms with Gasteiger partial charge >= 0.3 is 10.2 Å². The third-order valence-corrected chi connectivity index (χ3v) is 8.15. The van der Waals surface area contributed by atoms with Crippen molar-refractivity contribution in [2.24, 2.45) is 0 Å². The molecular weight excluding hydrogens is 484 g/mol. The molecule has 5 heterocycles. The molecule has 0 radical (unpaired) electrons. The summed E-state index contributed by atoms with van der Waals surface area (Å²) in [5, 5.41) is 15.5. The Kier molecular flexibility index (Phi) is 4.74. The predicted molar refractivity (Wildman–Crippen MR) is 123 cm³/mol. The largest absolute Gasteiger partial charge is 0.334 e. The summed E-state index contributed by atoms with van der Waals surface area (Å²) >= 11 is 3.02. The fraction of sp³-hybridized carbons (Fsp3) is 0.100. The number of rotatable bonds is 6. The van der Waals surface area contributed by atoms with Crippen molar-refractivity contribution in [1.82, 2.24) is 20.3 Å². The van der Waals surface area contributed by atoms with E-state index in [0.717, 1.165) is 11.1 Å². The Morgan fingerprint density at radius 3 is 1.67 bits per heavy atom. The van der Waals surface area contributed by atoms with Crippen molar-refractivity contribution >= 4 is 44.3 Å². The van der Waals surface area contributed by atoms with Crippen LogP contribution in [0.3, 0.4) is 0 Å². The lowest BCUT2D eigenvalue weighted by Crippen LogP contribution is -2.37. The molecule has 0 amide bonds. The van der Waals surface area contributed by atoms with Gasteiger partial charge < -0.3 is 9.05 Å². The van der Waals surface area contributed by atoms with Crippen molar-refractivity contribution in [2.75, 3.05) is 8.61 Å². The summed E-state index contributed by atoms with van der Waals surface area (Å²) in [5.74, 6) is 1.22. The molecule has 13 heteroatoms. The third kappa shape index (κ3) is 3.50. The smallest absolute Gasteiger partial charge is 0.327 e. The number of hydrogen-bond acceptors (Lipinski definition) is 10. The quantitative estimate of drug-likeness (QED) is 0.342. The number of thiophene rings is 2. The standard InChI is InChI=1S/C20H14N6O4S3/c27-33(28)25(9-17-21-19(29-23-17)13-5-7-31-11-13)15-3-1-2-4-16(15)26(33)10-18-22-20(30-24-18)14-6-8-32-12-14/h1-8,11-12H,9-10H2. The van der Waals surface area contributed by atoms with Gasteiger partial charge in [0.05, 0.1) is 35.6 Å². The fourth-order valence-corrected chi connectivity index (χ4v) is 6.35. The molecular formula is C20H14N6O4S3. The van der Waals surface area contributed by atoms with E-state index in [4.69, 9.17) is 9.05 Å². The van der Waals surface area contributed by atoms with Crippen LogP contribution in [0.25, 0.3) is 22.9 Å². The van der Waals surface area contributed by atoms with Crippen LogP contribution in [0.15, 0.2) is 67.0 Å². The summed E-state index contributed by atoms with van der Waals surface area (Å²) in [4.78, 5) is 8.72. The summed E-state index contributed by atoms with van der Waals surface area (Å²) in [5.41, 5.74) is 2.62. The molecule has 5 aromatic rings. The molecule has 1 aromatic carbocycles. The van der Waals surface area contributed by atoms with Gasteiger partial charge in [0.25, 0.3) is 11.8 Å². The number of para-hydroxylation sites is 2. The minimum atomic E-state index is -3.95. The second kappa shape index (κ2) is 7.79. The Morgan fingerprint density at radius 2 is 1.24 bits per heavy atom. The second-order valence-corrected chi connectivity index (χ2v) is 10.4. The van der Waals surface area contributed by atoms with E-state index in [1.54, 1.807) is 24.3 Å². The maximum atomic E-state index is 13.5. The van der Waals surface area contributed by atoms with E-state index in [2.05, 4.69) is 20.3 Å². The van der Waals surface area contributed by atoms with Crippen LogP contribution in [0.4, 0.5) is 11.4 Å². The average Bonchev–Trinajstić information content (AvgIpc) is 3.63. The Hall–Kier alpha value is -3.55. The van der Waals surface area contributed by atoms with Crippen LogP contribution in [-0.4, -0.2) is 28.7 Å². The van der Waals surface area contributed by atoms with Crippen LogP contribution in [0.1, 0.15) is 11.6 Å². The van der Waals surface area contributed by atoms with E-state index in [1.807, 2.05) is 33.7 Å². The van der Waals surface area contributed by atoms with Gasteiger partial charge in [-0.1, -0.05) is 22.4 Å². The highest BCUT2D eigenvalue weighted by molar-refractivity contribution is 7.94. The fourth-order valence-electron chi connectivity index (χ4n) is 3.49. The zero-order chi connectivity index (χ0) is 22.4. The van der Waals surface area contributed by atoms with Gasteiger partial charge in [-0.15, -0.1) is 0 Å². The highest BCUT2D eigenvalue weighted by Gasteiger charge is 2.41. The highest BCUT2D eigenvalue weighted by Crippen LogP contribution is 2.42. The van der Waals surface area contributed by atoms with Crippen LogP contribution >= 0.6 is 22.7 Å². The van der Waals surface area contributed by atoms with Gasteiger partial charge in [0, 0.05) is 10.8 Å². The zero-order valence-corrected chi connectivity index (χ0v) is 19.2. The number of fused-ring (bicyclic) bond motifs is 1. The molecule has 4 aromatic heterocycles. The normalized spacial score (nSPS) is 14.7. The molecule has 10 nitrogen and oxygen atoms in total. The Morgan fingerprint density at radius 1 is 0.758 bits per heavy atom. The molecule has 0 N–H and O–H groups in total. The van der Waals surface area contributed by atoms with Crippen molar-refractivity contribution in [3.63, 3.8) is 0 Å². The van der Waals surface area contributed by atoms with Gasteiger partial charge in [0.15, 0.2) is 11.6 Å². The first-order valence-electron chi connectivity index (χ1n) is 9.69. The van der Waals surface area contributed by atoms with E-state index in [9.17, 15) is 8.42 Å². The molecule has 33 heavy (non-hydrogen) atoms. The van der Waals surface area contributed by atoms with Crippen LogP contribution < -0.4 is 8.61 Å². The number of benzene rings is 1. The van der Waals surface area contributed by atoms with Crippen molar-refractivity contribution in [3.05, 3.63) is 69.6 Å². The van der Waals surface area contributed by atoms with Gasteiger partial charge in [-0.3, -0.25) is 0 Å². The molecule has 0 saturated carbocycles. The summed E-state index contributed by atoms with van der Waals surface area (Å²) in [6, 6.07) is 10.8. The number of anilines is 2. The molecule has 0 spiro atoms. The Balaban J connectivity index is 1.30. The monoisotopic (exact) mass is 498 g/mol. The summed E-state index contributed by atoms with van der Waals surface area (Å²) in [7, 11) is -3.95. The lowest BCUT2D eigenvalue weighted by molar-refractivity contribution is 0.422. The van der Waals surface area contributed by atoms with Gasteiger partial charge in [-0.05, 0) is 35.0 Å². The minimum Gasteiger partial charge on any atom is -0.334 e. The minimum absolute atomic E-state index is 0.0735. The van der Waals surface area contributed by atoms with Crippen molar-refractivity contribution in [3.8, 4) is 22.9 Å². The first-order chi connectivity index (χ1) is 16.1. The van der Waals surface area contributed by atoms with Gasteiger partial charge in [-0.25, -0.2) is 8.61 Å². The van der Waals surface area contributed by atoms with Gasteiger partial charge in [0.1, 0.15) is 0 Å². The Bertz CT molecular complexity index is 1400. The summed E-state index contributed by atoms with van der Waals surface area (Å²) in [6.07, 6.45) is 0. The van der Waals surface area contributed by atoms with Crippen molar-refractivity contribution in [1.29, 1.82) is 0 Å². The molecule has 0 atom stereocenters. The van der Waals surface area contributed by atoms with Crippen molar-refractivity contribution in [2.45, 2.75) is 13.1 Å². The molecule has 0 aliphatic carbocycles. The SMILES string of the molecule is O=S1(=O)N(Cc2noc(-c3ccsc3)n2)c2ccccc2N1Cc1noc(-c2ccsc2)n1. The molecule has 1 aliphatic heterocycles. The van der Waals surface area contributed by atoms with Crippen LogP contribution in [-0.2, 0) is 23.3 Å². The van der Waals surface area contributed by atoms with Crippen LogP contribution in [0, 0.1) is 0 Å². The molecule has 0 unspecified atom stereocenters. The number of nitrogens with zero attached hydrogens (tertiary/aromatic N) is 6.